The molecule has 4 N–H and O–H groups in total. The number of fused-ring (bicyclic) bond motifs is 1. The van der Waals surface area contributed by atoms with Gasteiger partial charge in [0.2, 0.25) is 0 Å². The normalized spacial score (nSPS) is 16.4. The van der Waals surface area contributed by atoms with Gasteiger partial charge in [0.05, 0.1) is 5.52 Å². The molecular weight excluding hydrogens is 441 g/mol. The second kappa shape index (κ2) is 8.67. The van der Waals surface area contributed by atoms with Crippen molar-refractivity contribution in [1.82, 2.24) is 10.3 Å². The van der Waals surface area contributed by atoms with Gasteiger partial charge in [-0.05, 0) is 85.0 Å². The molecular formula is C28H26FN5O. The van der Waals surface area contributed by atoms with Crippen LogP contribution in [0.5, 0.6) is 0 Å². The molecule has 1 saturated carbocycles. The van der Waals surface area contributed by atoms with E-state index in [0.29, 0.717) is 27.9 Å². The Bertz CT molecular complexity index is 1390. The zero-order valence-corrected chi connectivity index (χ0v) is 19.1. The van der Waals surface area contributed by atoms with E-state index in [1.807, 2.05) is 36.4 Å². The van der Waals surface area contributed by atoms with Gasteiger partial charge in [-0.15, -0.1) is 0 Å². The fourth-order valence-electron chi connectivity index (χ4n) is 5.06. The number of nitrogens with one attached hydrogen (secondary N) is 4. The number of nitrogens with zero attached hydrogens (tertiary/aromatic N) is 1. The van der Waals surface area contributed by atoms with Crippen LogP contribution < -0.4 is 21.3 Å². The molecule has 6 nitrogen and oxygen atoms in total. The van der Waals surface area contributed by atoms with Crippen LogP contribution in [0.4, 0.5) is 27.1 Å². The van der Waals surface area contributed by atoms with Crippen LogP contribution in [0.1, 0.15) is 23.2 Å². The molecule has 1 aliphatic carbocycles. The number of pyridine rings is 1. The number of amides is 1. The van der Waals surface area contributed by atoms with E-state index in [-0.39, 0.29) is 11.7 Å². The number of rotatable bonds is 6. The molecule has 1 saturated heterocycles. The molecule has 0 bridgehead atoms. The molecule has 2 heterocycles. The molecule has 6 rings (SSSR count). The second-order valence-corrected chi connectivity index (χ2v) is 9.61. The summed E-state index contributed by atoms with van der Waals surface area (Å²) >= 11 is 0. The van der Waals surface area contributed by atoms with E-state index in [9.17, 15) is 9.18 Å². The number of halogens is 1. The van der Waals surface area contributed by atoms with Gasteiger partial charge in [-0.25, -0.2) is 4.39 Å². The van der Waals surface area contributed by atoms with Gasteiger partial charge in [-0.3, -0.25) is 9.78 Å². The summed E-state index contributed by atoms with van der Waals surface area (Å²) in [4.78, 5) is 17.2. The molecule has 2 aliphatic rings. The number of anilines is 4. The first-order valence-corrected chi connectivity index (χ1v) is 11.9. The molecule has 0 atom stereocenters. The van der Waals surface area contributed by atoms with Crippen LogP contribution in [0.2, 0.25) is 0 Å². The van der Waals surface area contributed by atoms with Gasteiger partial charge < -0.3 is 21.3 Å². The molecule has 0 radical (unpaired) electrons. The third kappa shape index (κ3) is 4.42. The lowest BCUT2D eigenvalue weighted by atomic mass is 9.61. The SMILES string of the molecule is O=C(Nc1ccc(NC2CC3(CNC3)C2)cc1)c1cccc(Nc2ccnc3ccc(F)cc23)c1. The fourth-order valence-corrected chi connectivity index (χ4v) is 5.06. The molecule has 2 fully saturated rings. The predicted octanol–water partition coefficient (Wildman–Crippen LogP) is 5.53. The zero-order chi connectivity index (χ0) is 23.8. The van der Waals surface area contributed by atoms with Crippen molar-refractivity contribution in [3.63, 3.8) is 0 Å². The maximum Gasteiger partial charge on any atom is 0.255 e. The summed E-state index contributed by atoms with van der Waals surface area (Å²) in [5.74, 6) is -0.520. The number of aromatic nitrogens is 1. The van der Waals surface area contributed by atoms with Gasteiger partial charge in [0.25, 0.3) is 5.91 Å². The summed E-state index contributed by atoms with van der Waals surface area (Å²) in [6.07, 6.45) is 4.10. The Balaban J connectivity index is 1.11. The molecule has 1 amide bonds. The highest BCUT2D eigenvalue weighted by Crippen LogP contribution is 2.45. The molecule has 4 aromatic rings. The average molecular weight is 468 g/mol. The topological polar surface area (TPSA) is 78.1 Å². The van der Waals surface area contributed by atoms with E-state index in [2.05, 4.69) is 26.3 Å². The van der Waals surface area contributed by atoms with Crippen LogP contribution in [-0.2, 0) is 0 Å². The Morgan fingerprint density at radius 2 is 1.74 bits per heavy atom. The number of hydrogen-bond acceptors (Lipinski definition) is 5. The Kier molecular flexibility index (Phi) is 5.34. The molecule has 1 spiro atoms. The Labute approximate surface area is 203 Å². The number of benzene rings is 3. The maximum atomic E-state index is 13.8. The Hall–Kier alpha value is -3.97. The highest BCUT2D eigenvalue weighted by molar-refractivity contribution is 6.05. The third-order valence-electron chi connectivity index (χ3n) is 6.98. The average Bonchev–Trinajstić information content (AvgIpc) is 2.81. The monoisotopic (exact) mass is 467 g/mol. The Morgan fingerprint density at radius 1 is 0.943 bits per heavy atom. The molecule has 1 aliphatic heterocycles. The van der Waals surface area contributed by atoms with Gasteiger partial charge in [0.1, 0.15) is 5.82 Å². The largest absolute Gasteiger partial charge is 0.382 e. The van der Waals surface area contributed by atoms with Gasteiger partial charge in [0.15, 0.2) is 0 Å². The molecule has 1 aromatic heterocycles. The highest BCUT2D eigenvalue weighted by atomic mass is 19.1. The van der Waals surface area contributed by atoms with Crippen molar-refractivity contribution in [3.05, 3.63) is 90.4 Å². The lowest BCUT2D eigenvalue weighted by Gasteiger charge is -2.54. The van der Waals surface area contributed by atoms with Crippen LogP contribution >= 0.6 is 0 Å². The van der Waals surface area contributed by atoms with Crippen LogP contribution in [0.3, 0.4) is 0 Å². The molecule has 176 valence electrons. The first-order chi connectivity index (χ1) is 17.1. The van der Waals surface area contributed by atoms with E-state index in [1.165, 1.54) is 25.0 Å². The van der Waals surface area contributed by atoms with Crippen LogP contribution in [0.25, 0.3) is 10.9 Å². The predicted molar refractivity (Wildman–Crippen MR) is 138 cm³/mol. The quantitative estimate of drug-likeness (QED) is 0.300. The van der Waals surface area contributed by atoms with Crippen molar-refractivity contribution in [2.24, 2.45) is 5.41 Å². The molecule has 7 heteroatoms. The summed E-state index contributed by atoms with van der Waals surface area (Å²) in [6.45, 7) is 2.29. The second-order valence-electron chi connectivity index (χ2n) is 9.61. The first-order valence-electron chi connectivity index (χ1n) is 11.9. The lowest BCUT2D eigenvalue weighted by Crippen LogP contribution is -2.63. The van der Waals surface area contributed by atoms with E-state index >= 15 is 0 Å². The minimum Gasteiger partial charge on any atom is -0.382 e. The Morgan fingerprint density at radius 3 is 2.51 bits per heavy atom. The molecule has 0 unspecified atom stereocenters. The van der Waals surface area contributed by atoms with Crippen LogP contribution in [0, 0.1) is 11.2 Å². The van der Waals surface area contributed by atoms with Crippen molar-refractivity contribution >= 4 is 39.6 Å². The van der Waals surface area contributed by atoms with Gasteiger partial charge in [-0.1, -0.05) is 6.07 Å². The molecule has 3 aromatic carbocycles. The van der Waals surface area contributed by atoms with Crippen LogP contribution in [-0.4, -0.2) is 30.0 Å². The summed E-state index contributed by atoms with van der Waals surface area (Å²) < 4.78 is 13.8. The van der Waals surface area contributed by atoms with E-state index in [1.54, 1.807) is 30.5 Å². The summed E-state index contributed by atoms with van der Waals surface area (Å²) in [5.41, 5.74) is 5.02. The number of carbonyl (C=O) groups is 1. The minimum atomic E-state index is -0.324. The van der Waals surface area contributed by atoms with Crippen molar-refractivity contribution in [1.29, 1.82) is 0 Å². The zero-order valence-electron chi connectivity index (χ0n) is 19.1. The van der Waals surface area contributed by atoms with E-state index in [0.717, 1.165) is 35.8 Å². The van der Waals surface area contributed by atoms with Gasteiger partial charge in [-0.2, -0.15) is 0 Å². The van der Waals surface area contributed by atoms with Gasteiger partial charge in [0, 0.05) is 59.0 Å². The number of carbonyl (C=O) groups excluding carboxylic acids is 1. The van der Waals surface area contributed by atoms with Crippen LogP contribution in [0.15, 0.2) is 79.0 Å². The van der Waals surface area contributed by atoms with Gasteiger partial charge >= 0.3 is 0 Å². The third-order valence-corrected chi connectivity index (χ3v) is 6.98. The standard InChI is InChI=1S/C28H26FN5O/c29-19-4-9-25-24(13-19)26(10-11-31-25)33-22-3-1-2-18(12-22)27(35)34-21-7-5-20(6-8-21)32-23-14-28(15-23)16-30-17-28/h1-13,23,30,32H,14-17H2,(H,31,33)(H,34,35). The van der Waals surface area contributed by atoms with Crippen molar-refractivity contribution in [2.45, 2.75) is 18.9 Å². The van der Waals surface area contributed by atoms with E-state index in [4.69, 9.17) is 0 Å². The lowest BCUT2D eigenvalue weighted by molar-refractivity contribution is 0.0470. The van der Waals surface area contributed by atoms with Crippen molar-refractivity contribution in [2.75, 3.05) is 29.0 Å². The van der Waals surface area contributed by atoms with Crippen molar-refractivity contribution < 1.29 is 9.18 Å². The summed E-state index contributed by atoms with van der Waals surface area (Å²) in [5, 5.41) is 13.9. The minimum absolute atomic E-state index is 0.196. The molecule has 35 heavy (non-hydrogen) atoms. The first kappa shape index (κ1) is 21.6. The number of hydrogen-bond donors (Lipinski definition) is 4. The summed E-state index contributed by atoms with van der Waals surface area (Å²) in [7, 11) is 0. The fraction of sp³-hybridized carbons (Fsp3) is 0.214. The highest BCUT2D eigenvalue weighted by Gasteiger charge is 2.48. The maximum absolute atomic E-state index is 13.8. The summed E-state index contributed by atoms with van der Waals surface area (Å²) in [6, 6.07) is 21.9. The van der Waals surface area contributed by atoms with Crippen molar-refractivity contribution in [3.8, 4) is 0 Å². The smallest absolute Gasteiger partial charge is 0.255 e. The van der Waals surface area contributed by atoms with E-state index < -0.39 is 0 Å².